The molecule has 0 amide bonds. The summed E-state index contributed by atoms with van der Waals surface area (Å²) >= 11 is 1.51. The highest BCUT2D eigenvalue weighted by molar-refractivity contribution is 7.98. The van der Waals surface area contributed by atoms with Crippen LogP contribution in [0.15, 0.2) is 5.16 Å². The molecule has 6 N–H and O–H groups in total. The highest BCUT2D eigenvalue weighted by Crippen LogP contribution is 2.35. The molecule has 10 nitrogen and oxygen atoms in total. The van der Waals surface area contributed by atoms with Gasteiger partial charge in [-0.2, -0.15) is 15.0 Å². The minimum atomic E-state index is -3.10. The van der Waals surface area contributed by atoms with Crippen molar-refractivity contribution in [1.29, 1.82) is 0 Å². The summed E-state index contributed by atoms with van der Waals surface area (Å²) in [6.45, 7) is 10.2. The summed E-state index contributed by atoms with van der Waals surface area (Å²) in [5.41, 5.74) is 5.04. The van der Waals surface area contributed by atoms with E-state index in [1.165, 1.54) is 18.4 Å². The van der Waals surface area contributed by atoms with E-state index in [9.17, 15) is 9.36 Å². The van der Waals surface area contributed by atoms with E-state index in [1.807, 2.05) is 13.2 Å². The van der Waals surface area contributed by atoms with Gasteiger partial charge in [0.05, 0.1) is 0 Å². The number of nitrogens with zero attached hydrogens (tertiary/aromatic N) is 3. The van der Waals surface area contributed by atoms with Crippen molar-refractivity contribution in [2.45, 2.75) is 50.9 Å². The van der Waals surface area contributed by atoms with E-state index < -0.39 is 19.4 Å². The maximum atomic E-state index is 10.6. The molecule has 0 bridgehead atoms. The van der Waals surface area contributed by atoms with Gasteiger partial charge < -0.3 is 26.4 Å². The summed E-state index contributed by atoms with van der Waals surface area (Å²) in [4.78, 5) is 31.7. The fourth-order valence-corrected chi connectivity index (χ4v) is 2.69. The molecule has 156 valence electrons. The molecule has 1 heterocycles. The molecule has 0 aromatic carbocycles. The van der Waals surface area contributed by atoms with Crippen molar-refractivity contribution < 1.29 is 19.4 Å². The van der Waals surface area contributed by atoms with E-state index >= 15 is 0 Å². The Morgan fingerprint density at radius 2 is 1.85 bits per heavy atom. The molecule has 0 radical (unpaired) electrons. The zero-order chi connectivity index (χ0) is 21.3. The van der Waals surface area contributed by atoms with Gasteiger partial charge in [-0.15, -0.1) is 0 Å². The second-order valence-corrected chi connectivity index (χ2v) is 10.2. The summed E-state index contributed by atoms with van der Waals surface area (Å²) in [6, 6.07) is -1.03. The first-order chi connectivity index (χ1) is 12.3. The Labute approximate surface area is 164 Å². The molecule has 1 aromatic rings. The van der Waals surface area contributed by atoms with Crippen LogP contribution in [0, 0.1) is 0 Å². The second kappa shape index (κ2) is 11.4. The van der Waals surface area contributed by atoms with Crippen LogP contribution in [-0.2, 0) is 9.36 Å². The van der Waals surface area contributed by atoms with Crippen LogP contribution in [0.5, 0.6) is 0 Å². The van der Waals surface area contributed by atoms with Crippen LogP contribution in [0.2, 0.25) is 0 Å². The highest BCUT2D eigenvalue weighted by atomic mass is 32.2. The summed E-state index contributed by atoms with van der Waals surface area (Å²) in [5.74, 6) is 0.0925. The molecule has 0 aliphatic rings. The van der Waals surface area contributed by atoms with Crippen molar-refractivity contribution in [1.82, 2.24) is 15.0 Å². The molecule has 0 saturated heterocycles. The first-order valence-electron chi connectivity index (χ1n) is 8.37. The van der Waals surface area contributed by atoms with E-state index in [0.717, 1.165) is 11.7 Å². The number of carbonyl (C=O) groups is 1. The molecular weight excluding hydrogens is 391 g/mol. The lowest BCUT2D eigenvalue weighted by molar-refractivity contribution is -0.138. The third-order valence-electron chi connectivity index (χ3n) is 2.79. The van der Waals surface area contributed by atoms with Gasteiger partial charge in [-0.3, -0.25) is 9.36 Å². The van der Waals surface area contributed by atoms with Crippen molar-refractivity contribution in [3.05, 3.63) is 0 Å². The molecule has 1 rings (SSSR count). The van der Waals surface area contributed by atoms with E-state index in [4.69, 9.17) is 15.7 Å². The minimum Gasteiger partial charge on any atom is -0.480 e. The van der Waals surface area contributed by atoms with Gasteiger partial charge >= 0.3 is 5.97 Å². The van der Waals surface area contributed by atoms with Gasteiger partial charge in [0.2, 0.25) is 11.9 Å². The molecule has 12 heteroatoms. The first-order valence-corrected chi connectivity index (χ1v) is 11.9. The lowest BCUT2D eigenvalue weighted by atomic mass is 10.1. The third-order valence-corrected chi connectivity index (χ3v) is 4.43. The van der Waals surface area contributed by atoms with Gasteiger partial charge in [0, 0.05) is 24.9 Å². The van der Waals surface area contributed by atoms with Crippen molar-refractivity contribution in [2.24, 2.45) is 5.73 Å². The van der Waals surface area contributed by atoms with Gasteiger partial charge in [0.1, 0.15) is 6.04 Å². The molecular formula is C15H31N6O4PS. The number of anilines is 2. The number of thioether (sulfide) groups is 1. The Kier molecular flexibility index (Phi) is 10.8. The highest BCUT2D eigenvalue weighted by Gasteiger charge is 2.17. The maximum absolute atomic E-state index is 10.6. The zero-order valence-electron chi connectivity index (χ0n) is 16.7. The van der Waals surface area contributed by atoms with Crippen LogP contribution in [-0.4, -0.2) is 68.1 Å². The van der Waals surface area contributed by atoms with Crippen LogP contribution in [0.25, 0.3) is 0 Å². The monoisotopic (exact) mass is 422 g/mol. The molecule has 0 saturated carbocycles. The fourth-order valence-electron chi connectivity index (χ4n) is 1.58. The number of hydrogen-bond donors (Lipinski definition) is 5. The van der Waals surface area contributed by atoms with E-state index in [-0.39, 0.29) is 18.1 Å². The number of carboxylic acid groups (broad SMARTS) is 1. The number of aromatic nitrogens is 3. The first kappa shape index (κ1) is 25.6. The Bertz CT molecular complexity index is 650. The van der Waals surface area contributed by atoms with E-state index in [2.05, 4.69) is 46.4 Å². The predicted octanol–water partition coefficient (Wildman–Crippen LogP) is 1.92. The number of aliphatic carboxylic acids is 1. The van der Waals surface area contributed by atoms with Crippen LogP contribution in [0.4, 0.5) is 11.9 Å². The predicted molar refractivity (Wildman–Crippen MR) is 110 cm³/mol. The summed E-state index contributed by atoms with van der Waals surface area (Å²) in [7, 11) is -3.10. The average Bonchev–Trinajstić information content (AvgIpc) is 2.50. The lowest BCUT2D eigenvalue weighted by Crippen LogP contribution is -2.30. The number of hydrogen-bond acceptors (Lipinski definition) is 9. The van der Waals surface area contributed by atoms with Gasteiger partial charge in [0.25, 0.3) is 0 Å². The lowest BCUT2D eigenvalue weighted by Gasteiger charge is -2.20. The largest absolute Gasteiger partial charge is 0.480 e. The van der Waals surface area contributed by atoms with Crippen LogP contribution >= 0.6 is 19.1 Å². The topological polar surface area (TPSA) is 163 Å². The van der Waals surface area contributed by atoms with Crippen molar-refractivity contribution in [2.75, 3.05) is 36.3 Å². The summed E-state index contributed by atoms with van der Waals surface area (Å²) < 4.78 is 10.6. The quantitative estimate of drug-likeness (QED) is 0.307. The SMILES string of the molecule is CCNc1nc(NC(C)(C)C)nc(SC)n1.CP(=O)(O)CCC(N)C(=O)O. The average molecular weight is 422 g/mol. The van der Waals surface area contributed by atoms with Gasteiger partial charge in [-0.1, -0.05) is 11.8 Å². The minimum absolute atomic E-state index is 0.0412. The summed E-state index contributed by atoms with van der Waals surface area (Å²) in [6.07, 6.45) is 1.95. The van der Waals surface area contributed by atoms with Gasteiger partial charge in [0.15, 0.2) is 12.5 Å². The molecule has 0 spiro atoms. The zero-order valence-corrected chi connectivity index (χ0v) is 18.4. The molecule has 0 aliphatic carbocycles. The molecule has 2 atom stereocenters. The van der Waals surface area contributed by atoms with E-state index in [1.54, 1.807) is 0 Å². The van der Waals surface area contributed by atoms with Crippen LogP contribution in [0.1, 0.15) is 34.1 Å². The number of rotatable bonds is 8. The van der Waals surface area contributed by atoms with Gasteiger partial charge in [-0.25, -0.2) is 0 Å². The fraction of sp³-hybridized carbons (Fsp3) is 0.733. The molecule has 27 heavy (non-hydrogen) atoms. The number of carboxylic acids is 1. The molecule has 0 fully saturated rings. The Morgan fingerprint density at radius 1 is 1.30 bits per heavy atom. The summed E-state index contributed by atoms with van der Waals surface area (Å²) in [5, 5.41) is 15.3. The van der Waals surface area contributed by atoms with Crippen molar-refractivity contribution in [3.8, 4) is 0 Å². The van der Waals surface area contributed by atoms with Crippen molar-refractivity contribution >= 4 is 37.0 Å². The number of nitrogens with one attached hydrogen (secondary N) is 2. The third kappa shape index (κ3) is 13.4. The molecule has 1 aromatic heterocycles. The van der Waals surface area contributed by atoms with E-state index in [0.29, 0.717) is 11.9 Å². The van der Waals surface area contributed by atoms with Crippen LogP contribution < -0.4 is 16.4 Å². The second-order valence-electron chi connectivity index (χ2n) is 6.88. The van der Waals surface area contributed by atoms with Gasteiger partial charge in [-0.05, 0) is 40.4 Å². The van der Waals surface area contributed by atoms with Crippen LogP contribution in [0.3, 0.4) is 0 Å². The maximum Gasteiger partial charge on any atom is 0.320 e. The van der Waals surface area contributed by atoms with Crippen molar-refractivity contribution in [3.63, 3.8) is 0 Å². The Morgan fingerprint density at radius 3 is 2.26 bits per heavy atom. The standard InChI is InChI=1S/C10H19N5S.C5H12NO4P/c1-6-11-7-12-8(15-10(2,3)4)14-9(13-7)16-5;1-11(9,10)3-2-4(6)5(7)8/h6H2,1-5H3,(H2,11,12,13,14,15);4H,2-3,6H2,1H3,(H,7,8)(H,9,10). The molecule has 2 unspecified atom stereocenters. The Balaban J connectivity index is 0.000000541. The molecule has 0 aliphatic heterocycles. The normalized spacial score (nSPS) is 14.4. The Hall–Kier alpha value is -1.42. The smallest absolute Gasteiger partial charge is 0.320 e. The number of nitrogens with two attached hydrogens (primary N) is 1.